The Hall–Kier alpha value is -2.20. The van der Waals surface area contributed by atoms with Crippen LogP contribution < -0.4 is 15.2 Å². The second-order valence-corrected chi connectivity index (χ2v) is 4.38. The summed E-state index contributed by atoms with van der Waals surface area (Å²) in [5.41, 5.74) is 1.47. The number of ether oxygens (including phenoxy) is 1. The molecule has 98 valence electrons. The molecule has 5 heteroatoms. The van der Waals surface area contributed by atoms with E-state index in [2.05, 4.69) is 5.32 Å². The third-order valence-electron chi connectivity index (χ3n) is 2.43. The molecule has 0 saturated heterocycles. The fourth-order valence-corrected chi connectivity index (χ4v) is 1.73. The van der Waals surface area contributed by atoms with Crippen LogP contribution in [0.4, 0.5) is 10.5 Å². The van der Waals surface area contributed by atoms with Crippen molar-refractivity contribution in [3.05, 3.63) is 53.1 Å². The molecule has 4 nitrogen and oxygen atoms in total. The van der Waals surface area contributed by atoms with Crippen LogP contribution in [0.15, 0.2) is 42.5 Å². The lowest BCUT2D eigenvalue weighted by Crippen LogP contribution is -2.28. The van der Waals surface area contributed by atoms with Crippen molar-refractivity contribution in [3.63, 3.8) is 0 Å². The Morgan fingerprint density at radius 2 is 1.89 bits per heavy atom. The zero-order chi connectivity index (χ0) is 13.8. The van der Waals surface area contributed by atoms with E-state index in [1.165, 1.54) is 6.07 Å². The predicted molar refractivity (Wildman–Crippen MR) is 71.7 cm³/mol. The zero-order valence-electron chi connectivity index (χ0n) is 10.1. The number of hydrogen-bond donors (Lipinski definition) is 1. The van der Waals surface area contributed by atoms with Gasteiger partial charge in [0.2, 0.25) is 0 Å². The van der Waals surface area contributed by atoms with Crippen LogP contribution in [-0.4, -0.2) is 6.09 Å². The van der Waals surface area contributed by atoms with Crippen LogP contribution in [0.25, 0.3) is 0 Å². The summed E-state index contributed by atoms with van der Waals surface area (Å²) in [6.07, 6.45) is -1.39. The van der Waals surface area contributed by atoms with Crippen LogP contribution in [0.2, 0.25) is 5.02 Å². The van der Waals surface area contributed by atoms with Crippen molar-refractivity contribution >= 4 is 23.4 Å². The van der Waals surface area contributed by atoms with Crippen LogP contribution in [-0.2, 0) is 0 Å². The molecule has 0 heterocycles. The van der Waals surface area contributed by atoms with Gasteiger partial charge >= 0.3 is 0 Å². The lowest BCUT2D eigenvalue weighted by Gasteiger charge is -2.11. The first-order valence-corrected chi connectivity index (χ1v) is 5.94. The summed E-state index contributed by atoms with van der Waals surface area (Å²) >= 11 is 6.02. The maximum atomic E-state index is 10.4. The largest absolute Gasteiger partial charge is 0.530 e. The fraction of sp³-hybridized carbons (Fsp3) is 0.0714. The van der Waals surface area contributed by atoms with E-state index in [-0.39, 0.29) is 0 Å². The number of anilines is 1. The van der Waals surface area contributed by atoms with Gasteiger partial charge in [-0.25, -0.2) is 0 Å². The number of benzene rings is 2. The Balaban J connectivity index is 2.17. The topological polar surface area (TPSA) is 61.4 Å². The molecule has 1 amide bonds. The predicted octanol–water partition coefficient (Wildman–Crippen LogP) is 3.20. The van der Waals surface area contributed by atoms with Gasteiger partial charge in [0.05, 0.1) is 5.02 Å². The lowest BCUT2D eigenvalue weighted by molar-refractivity contribution is -0.242. The first kappa shape index (κ1) is 13.2. The Bertz CT molecular complexity index is 596. The highest BCUT2D eigenvalue weighted by Crippen LogP contribution is 2.31. The summed E-state index contributed by atoms with van der Waals surface area (Å²) in [5.74, 6) is 1.11. The number of carbonyl (C=O) groups is 1. The van der Waals surface area contributed by atoms with Gasteiger partial charge < -0.3 is 20.0 Å². The van der Waals surface area contributed by atoms with Gasteiger partial charge in [0.15, 0.2) is 0 Å². The van der Waals surface area contributed by atoms with Gasteiger partial charge in [-0.3, -0.25) is 0 Å². The molecular formula is C14H11ClNO3-. The molecule has 1 N–H and O–H groups in total. The number of nitrogens with one attached hydrogen (secondary N) is 1. The minimum atomic E-state index is -1.39. The molecule has 0 fully saturated rings. The van der Waals surface area contributed by atoms with E-state index in [4.69, 9.17) is 16.3 Å². The van der Waals surface area contributed by atoms with Gasteiger partial charge in [-0.1, -0.05) is 29.3 Å². The zero-order valence-corrected chi connectivity index (χ0v) is 10.9. The summed E-state index contributed by atoms with van der Waals surface area (Å²) in [6, 6.07) is 12.1. The standard InChI is InChI=1S/C14H12ClNO3/c1-9-2-5-11(6-3-9)19-13-7-4-10(8-12(13)15)16-14(17)18/h2-8,16H,1H3,(H,17,18)/p-1. The van der Waals surface area contributed by atoms with E-state index in [0.717, 1.165) is 5.56 Å². The van der Waals surface area contributed by atoms with E-state index in [1.54, 1.807) is 12.1 Å². The molecule has 2 rings (SSSR count). The molecule has 0 aromatic heterocycles. The quantitative estimate of drug-likeness (QED) is 0.936. The van der Waals surface area contributed by atoms with E-state index in [1.807, 2.05) is 31.2 Å². The molecular weight excluding hydrogens is 266 g/mol. The highest BCUT2D eigenvalue weighted by atomic mass is 35.5. The normalized spacial score (nSPS) is 10.0. The Morgan fingerprint density at radius 3 is 2.47 bits per heavy atom. The summed E-state index contributed by atoms with van der Waals surface area (Å²) in [7, 11) is 0. The summed E-state index contributed by atoms with van der Waals surface area (Å²) < 4.78 is 5.60. The Labute approximate surface area is 115 Å². The number of carboxylic acid groups (broad SMARTS) is 1. The van der Waals surface area contributed by atoms with Gasteiger partial charge in [-0.2, -0.15) is 0 Å². The molecule has 0 bridgehead atoms. The van der Waals surface area contributed by atoms with Crippen LogP contribution in [0.3, 0.4) is 0 Å². The smallest absolute Gasteiger partial charge is 0.146 e. The third-order valence-corrected chi connectivity index (χ3v) is 2.72. The van der Waals surface area contributed by atoms with Crippen LogP contribution in [0.1, 0.15) is 5.56 Å². The van der Waals surface area contributed by atoms with Crippen molar-refractivity contribution in [1.29, 1.82) is 0 Å². The van der Waals surface area contributed by atoms with Crippen molar-refractivity contribution in [2.24, 2.45) is 0 Å². The number of aryl methyl sites for hydroxylation is 1. The SMILES string of the molecule is Cc1ccc(Oc2ccc(NC(=O)[O-])cc2Cl)cc1. The Morgan fingerprint density at radius 1 is 1.21 bits per heavy atom. The number of carbonyl (C=O) groups excluding carboxylic acids is 1. The minimum absolute atomic E-state index is 0.312. The molecule has 0 aliphatic rings. The van der Waals surface area contributed by atoms with E-state index in [0.29, 0.717) is 22.2 Å². The maximum absolute atomic E-state index is 10.4. The van der Waals surface area contributed by atoms with Gasteiger partial charge in [0, 0.05) is 5.69 Å². The van der Waals surface area contributed by atoms with Gasteiger partial charge in [0.25, 0.3) is 0 Å². The summed E-state index contributed by atoms with van der Waals surface area (Å²) in [5, 5.41) is 12.8. The molecule has 0 radical (unpaired) electrons. The van der Waals surface area contributed by atoms with E-state index in [9.17, 15) is 9.90 Å². The number of rotatable bonds is 3. The molecule has 0 spiro atoms. The first-order valence-electron chi connectivity index (χ1n) is 5.56. The van der Waals surface area contributed by atoms with Crippen molar-refractivity contribution in [3.8, 4) is 11.5 Å². The molecule has 0 aliphatic heterocycles. The second kappa shape index (κ2) is 5.63. The summed E-state index contributed by atoms with van der Waals surface area (Å²) in [4.78, 5) is 10.4. The van der Waals surface area contributed by atoms with Crippen LogP contribution >= 0.6 is 11.6 Å². The second-order valence-electron chi connectivity index (χ2n) is 3.97. The highest BCUT2D eigenvalue weighted by molar-refractivity contribution is 6.32. The first-order chi connectivity index (χ1) is 9.04. The molecule has 0 unspecified atom stereocenters. The molecule has 0 saturated carbocycles. The number of halogens is 1. The molecule has 2 aromatic carbocycles. The average Bonchev–Trinajstić information content (AvgIpc) is 2.34. The monoisotopic (exact) mass is 276 g/mol. The Kier molecular flexibility index (Phi) is 3.92. The van der Waals surface area contributed by atoms with Crippen molar-refractivity contribution in [1.82, 2.24) is 0 Å². The van der Waals surface area contributed by atoms with Gasteiger partial charge in [-0.15, -0.1) is 0 Å². The van der Waals surface area contributed by atoms with Crippen molar-refractivity contribution < 1.29 is 14.6 Å². The minimum Gasteiger partial charge on any atom is -0.530 e. The van der Waals surface area contributed by atoms with Crippen molar-refractivity contribution in [2.45, 2.75) is 6.92 Å². The third kappa shape index (κ3) is 3.63. The van der Waals surface area contributed by atoms with E-state index < -0.39 is 6.09 Å². The molecule has 19 heavy (non-hydrogen) atoms. The molecule has 0 aliphatic carbocycles. The average molecular weight is 277 g/mol. The number of amides is 1. The summed E-state index contributed by atoms with van der Waals surface area (Å²) in [6.45, 7) is 1.98. The van der Waals surface area contributed by atoms with Crippen LogP contribution in [0, 0.1) is 6.92 Å². The highest BCUT2D eigenvalue weighted by Gasteiger charge is 2.04. The molecule has 0 atom stereocenters. The van der Waals surface area contributed by atoms with Crippen LogP contribution in [0.5, 0.6) is 11.5 Å². The maximum Gasteiger partial charge on any atom is 0.146 e. The van der Waals surface area contributed by atoms with Gasteiger partial charge in [-0.05, 0) is 37.3 Å². The fourth-order valence-electron chi connectivity index (χ4n) is 1.51. The number of hydrogen-bond acceptors (Lipinski definition) is 3. The van der Waals surface area contributed by atoms with E-state index >= 15 is 0 Å². The lowest BCUT2D eigenvalue weighted by atomic mass is 10.2. The van der Waals surface area contributed by atoms with Crippen molar-refractivity contribution in [2.75, 3.05) is 5.32 Å². The van der Waals surface area contributed by atoms with Gasteiger partial charge in [0.1, 0.15) is 17.6 Å². The molecule has 2 aromatic rings.